The van der Waals surface area contributed by atoms with E-state index in [1.165, 1.54) is 0 Å². The Labute approximate surface area is 109 Å². The largest absolute Gasteiger partial charge is 0.457 e. The summed E-state index contributed by atoms with van der Waals surface area (Å²) in [6.07, 6.45) is -0.275. The lowest BCUT2D eigenvalue weighted by Crippen LogP contribution is -2.20. The van der Waals surface area contributed by atoms with Crippen molar-refractivity contribution in [2.45, 2.75) is 20.0 Å². The van der Waals surface area contributed by atoms with Crippen LogP contribution in [0, 0.1) is 0 Å². The van der Waals surface area contributed by atoms with Gasteiger partial charge in [0, 0.05) is 16.8 Å². The minimum absolute atomic E-state index is 0.275. The van der Waals surface area contributed by atoms with Crippen LogP contribution >= 0.6 is 15.9 Å². The number of esters is 1. The van der Waals surface area contributed by atoms with E-state index in [-0.39, 0.29) is 6.10 Å². The first-order chi connectivity index (χ1) is 8.02. The zero-order valence-electron chi connectivity index (χ0n) is 9.90. The Morgan fingerprint density at radius 1 is 1.47 bits per heavy atom. The van der Waals surface area contributed by atoms with Gasteiger partial charge in [-0.3, -0.25) is 0 Å². The highest BCUT2D eigenvalue weighted by Gasteiger charge is 2.13. The topological polar surface area (TPSA) is 61.5 Å². The predicted molar refractivity (Wildman–Crippen MR) is 69.9 cm³/mol. The van der Waals surface area contributed by atoms with Gasteiger partial charge in [0.15, 0.2) is 0 Å². The molecular weight excluding hydrogens is 286 g/mol. The first-order valence-corrected chi connectivity index (χ1v) is 6.17. The van der Waals surface area contributed by atoms with Crippen molar-refractivity contribution < 1.29 is 14.3 Å². The maximum absolute atomic E-state index is 11.8. The Balaban J connectivity index is 2.63. The molecular formula is C12H16BrNO3. The van der Waals surface area contributed by atoms with Gasteiger partial charge in [0.1, 0.15) is 6.10 Å². The average molecular weight is 302 g/mol. The van der Waals surface area contributed by atoms with Gasteiger partial charge in [-0.2, -0.15) is 0 Å². The van der Waals surface area contributed by atoms with Crippen LogP contribution < -0.4 is 5.73 Å². The van der Waals surface area contributed by atoms with Crippen LogP contribution in [0.15, 0.2) is 22.7 Å². The molecule has 5 heteroatoms. The van der Waals surface area contributed by atoms with E-state index in [9.17, 15) is 4.79 Å². The monoisotopic (exact) mass is 301 g/mol. The van der Waals surface area contributed by atoms with Crippen molar-refractivity contribution in [3.05, 3.63) is 28.2 Å². The first-order valence-electron chi connectivity index (χ1n) is 5.37. The number of benzene rings is 1. The lowest BCUT2D eigenvalue weighted by Gasteiger charge is -2.13. The van der Waals surface area contributed by atoms with E-state index in [1.807, 2.05) is 6.92 Å². The van der Waals surface area contributed by atoms with Crippen LogP contribution in [0.4, 0.5) is 5.69 Å². The fraction of sp³-hybridized carbons (Fsp3) is 0.417. The lowest BCUT2D eigenvalue weighted by atomic mass is 10.2. The summed E-state index contributed by atoms with van der Waals surface area (Å²) in [6, 6.07) is 4.98. The molecule has 94 valence electrons. The molecule has 0 saturated heterocycles. The summed E-state index contributed by atoms with van der Waals surface area (Å²) in [7, 11) is 0. The van der Waals surface area contributed by atoms with E-state index in [0.29, 0.717) is 24.5 Å². The molecule has 0 bridgehead atoms. The van der Waals surface area contributed by atoms with Gasteiger partial charge in [-0.25, -0.2) is 4.79 Å². The van der Waals surface area contributed by atoms with Crippen molar-refractivity contribution in [3.8, 4) is 0 Å². The number of hydrogen-bond donors (Lipinski definition) is 1. The lowest BCUT2D eigenvalue weighted by molar-refractivity contribution is 0.00439. The SMILES string of the molecule is CCOCC(C)OC(=O)c1cc(N)cc(Br)c1. The van der Waals surface area contributed by atoms with E-state index in [4.69, 9.17) is 15.2 Å². The van der Waals surface area contributed by atoms with Crippen molar-refractivity contribution in [2.24, 2.45) is 0 Å². The van der Waals surface area contributed by atoms with Crippen LogP contribution in [0.2, 0.25) is 0 Å². The molecule has 1 atom stereocenters. The normalized spacial score (nSPS) is 12.2. The fourth-order valence-electron chi connectivity index (χ4n) is 1.30. The Morgan fingerprint density at radius 3 is 2.76 bits per heavy atom. The third-order valence-corrected chi connectivity index (χ3v) is 2.48. The Kier molecular flexibility index (Phi) is 5.44. The molecule has 0 aliphatic carbocycles. The molecule has 1 aromatic rings. The van der Waals surface area contributed by atoms with Crippen LogP contribution in [0.1, 0.15) is 24.2 Å². The number of carbonyl (C=O) groups is 1. The van der Waals surface area contributed by atoms with Gasteiger partial charge in [-0.15, -0.1) is 0 Å². The quantitative estimate of drug-likeness (QED) is 0.671. The van der Waals surface area contributed by atoms with Crippen molar-refractivity contribution in [3.63, 3.8) is 0 Å². The number of ether oxygens (including phenoxy) is 2. The number of hydrogen-bond acceptors (Lipinski definition) is 4. The molecule has 0 spiro atoms. The minimum Gasteiger partial charge on any atom is -0.457 e. The Bertz CT molecular complexity index is 375. The van der Waals surface area contributed by atoms with E-state index in [0.717, 1.165) is 4.47 Å². The number of halogens is 1. The molecule has 0 aliphatic rings. The van der Waals surface area contributed by atoms with E-state index < -0.39 is 5.97 Å². The van der Waals surface area contributed by atoms with Crippen LogP contribution in [0.5, 0.6) is 0 Å². The summed E-state index contributed by atoms with van der Waals surface area (Å²) >= 11 is 3.28. The third kappa shape index (κ3) is 4.75. The van der Waals surface area contributed by atoms with Crippen molar-refractivity contribution >= 4 is 27.6 Å². The molecule has 4 nitrogen and oxygen atoms in total. The maximum Gasteiger partial charge on any atom is 0.338 e. The molecule has 0 aliphatic heterocycles. The van der Waals surface area contributed by atoms with Crippen LogP contribution in [0.25, 0.3) is 0 Å². The van der Waals surface area contributed by atoms with Gasteiger partial charge in [0.25, 0.3) is 0 Å². The average Bonchev–Trinajstić information content (AvgIpc) is 2.25. The van der Waals surface area contributed by atoms with Gasteiger partial charge in [-0.1, -0.05) is 15.9 Å². The Morgan fingerprint density at radius 2 is 2.18 bits per heavy atom. The molecule has 1 unspecified atom stereocenters. The summed E-state index contributed by atoms with van der Waals surface area (Å²) in [5.41, 5.74) is 6.59. The predicted octanol–water partition coefficient (Wildman–Crippen LogP) is 2.61. The summed E-state index contributed by atoms with van der Waals surface area (Å²) in [5, 5.41) is 0. The minimum atomic E-state index is -0.398. The summed E-state index contributed by atoms with van der Waals surface area (Å²) < 4.78 is 11.1. The number of rotatable bonds is 5. The Hall–Kier alpha value is -1.07. The summed E-state index contributed by atoms with van der Waals surface area (Å²) in [5.74, 6) is -0.398. The van der Waals surface area contributed by atoms with E-state index in [2.05, 4.69) is 15.9 Å². The van der Waals surface area contributed by atoms with E-state index >= 15 is 0 Å². The fourth-order valence-corrected chi connectivity index (χ4v) is 1.81. The summed E-state index contributed by atoms with van der Waals surface area (Å²) in [6.45, 7) is 4.68. The molecule has 17 heavy (non-hydrogen) atoms. The summed E-state index contributed by atoms with van der Waals surface area (Å²) in [4.78, 5) is 11.8. The zero-order chi connectivity index (χ0) is 12.8. The first kappa shape index (κ1) is 14.0. The zero-order valence-corrected chi connectivity index (χ0v) is 11.5. The van der Waals surface area contributed by atoms with Crippen LogP contribution in [-0.4, -0.2) is 25.3 Å². The highest BCUT2D eigenvalue weighted by atomic mass is 79.9. The number of nitrogen functional groups attached to an aromatic ring is 1. The van der Waals surface area contributed by atoms with Crippen molar-refractivity contribution in [1.29, 1.82) is 0 Å². The van der Waals surface area contributed by atoms with Crippen LogP contribution in [-0.2, 0) is 9.47 Å². The number of carbonyl (C=O) groups excluding carboxylic acids is 1. The van der Waals surface area contributed by atoms with Crippen LogP contribution in [0.3, 0.4) is 0 Å². The standard InChI is InChI=1S/C12H16BrNO3/c1-3-16-7-8(2)17-12(15)9-4-10(13)6-11(14)5-9/h4-6,8H,3,7,14H2,1-2H3. The molecule has 0 amide bonds. The second-order valence-corrected chi connectivity index (χ2v) is 4.56. The highest BCUT2D eigenvalue weighted by molar-refractivity contribution is 9.10. The smallest absolute Gasteiger partial charge is 0.338 e. The maximum atomic E-state index is 11.8. The molecule has 0 saturated carbocycles. The molecule has 0 fully saturated rings. The van der Waals surface area contributed by atoms with Crippen molar-refractivity contribution in [2.75, 3.05) is 18.9 Å². The molecule has 0 heterocycles. The van der Waals surface area contributed by atoms with Gasteiger partial charge < -0.3 is 15.2 Å². The molecule has 2 N–H and O–H groups in total. The second-order valence-electron chi connectivity index (χ2n) is 3.65. The number of anilines is 1. The molecule has 0 aromatic heterocycles. The van der Waals surface area contributed by atoms with Gasteiger partial charge in [0.05, 0.1) is 12.2 Å². The molecule has 1 rings (SSSR count). The van der Waals surface area contributed by atoms with Gasteiger partial charge in [-0.05, 0) is 32.0 Å². The van der Waals surface area contributed by atoms with Gasteiger partial charge in [0.2, 0.25) is 0 Å². The highest BCUT2D eigenvalue weighted by Crippen LogP contribution is 2.18. The third-order valence-electron chi connectivity index (χ3n) is 2.02. The second kappa shape index (κ2) is 6.61. The molecule has 0 radical (unpaired) electrons. The van der Waals surface area contributed by atoms with Crippen molar-refractivity contribution in [1.82, 2.24) is 0 Å². The number of nitrogens with two attached hydrogens (primary N) is 1. The van der Waals surface area contributed by atoms with Gasteiger partial charge >= 0.3 is 5.97 Å². The van der Waals surface area contributed by atoms with E-state index in [1.54, 1.807) is 25.1 Å². The molecule has 1 aromatic carbocycles.